The first kappa shape index (κ1) is 16.0. The number of halogens is 1. The topological polar surface area (TPSA) is 62.1 Å². The normalized spacial score (nSPS) is 10.1. The zero-order chi connectivity index (χ0) is 15.9. The average molecular weight is 319 g/mol. The number of nitrogens with one attached hydrogen (secondary N) is 2. The number of carbonyl (C=O) groups excluding carboxylic acids is 2. The number of hydrogen-bond acceptors (Lipinski definition) is 2. The molecular formula is C16H17ClN3O2+. The van der Waals surface area contributed by atoms with Crippen LogP contribution in [0.3, 0.4) is 0 Å². The van der Waals surface area contributed by atoms with Crippen molar-refractivity contribution in [2.24, 2.45) is 0 Å². The third kappa shape index (κ3) is 4.86. The molecule has 1 aromatic heterocycles. The van der Waals surface area contributed by atoms with E-state index in [1.807, 2.05) is 31.5 Å². The number of hydrogen-bond donors (Lipinski definition) is 2. The molecule has 22 heavy (non-hydrogen) atoms. The lowest BCUT2D eigenvalue weighted by atomic mass is 10.2. The number of nitrogens with zero attached hydrogens (tertiary/aromatic N) is 1. The summed E-state index contributed by atoms with van der Waals surface area (Å²) in [5.41, 5.74) is 2.45. The van der Waals surface area contributed by atoms with Crippen LogP contribution in [0.1, 0.15) is 5.56 Å². The summed E-state index contributed by atoms with van der Waals surface area (Å²) in [7, 11) is 0. The van der Waals surface area contributed by atoms with Crippen LogP contribution in [0.2, 0.25) is 0 Å². The Labute approximate surface area is 133 Å². The predicted octanol–water partition coefficient (Wildman–Crippen LogP) is 2.10. The van der Waals surface area contributed by atoms with E-state index >= 15 is 0 Å². The largest absolute Gasteiger partial charge is 0.325 e. The Balaban J connectivity index is 1.91. The molecular weight excluding hydrogens is 302 g/mol. The van der Waals surface area contributed by atoms with Crippen LogP contribution in [0.15, 0.2) is 48.8 Å². The Kier molecular flexibility index (Phi) is 5.49. The number of anilines is 2. The van der Waals surface area contributed by atoms with E-state index < -0.39 is 0 Å². The van der Waals surface area contributed by atoms with Crippen LogP contribution in [-0.2, 0) is 16.1 Å². The molecule has 6 heteroatoms. The maximum absolute atomic E-state index is 12.0. The van der Waals surface area contributed by atoms with E-state index in [1.54, 1.807) is 28.8 Å². The van der Waals surface area contributed by atoms with Gasteiger partial charge in [0.1, 0.15) is 5.88 Å². The lowest BCUT2D eigenvalue weighted by Gasteiger charge is -2.06. The Morgan fingerprint density at radius 2 is 1.45 bits per heavy atom. The Hall–Kier alpha value is -2.40. The first-order valence-electron chi connectivity index (χ1n) is 6.78. The summed E-state index contributed by atoms with van der Waals surface area (Å²) in [4.78, 5) is 23.1. The fourth-order valence-electron chi connectivity index (χ4n) is 1.83. The third-order valence-corrected chi connectivity index (χ3v) is 3.20. The van der Waals surface area contributed by atoms with Crippen molar-refractivity contribution >= 4 is 34.8 Å². The van der Waals surface area contributed by atoms with Gasteiger partial charge < -0.3 is 10.6 Å². The van der Waals surface area contributed by atoms with Gasteiger partial charge in [-0.25, -0.2) is 0 Å². The van der Waals surface area contributed by atoms with Crippen molar-refractivity contribution < 1.29 is 14.2 Å². The van der Waals surface area contributed by atoms with Crippen molar-refractivity contribution in [3.8, 4) is 0 Å². The zero-order valence-corrected chi connectivity index (χ0v) is 12.9. The third-order valence-electron chi connectivity index (χ3n) is 2.96. The molecule has 0 aliphatic carbocycles. The van der Waals surface area contributed by atoms with Gasteiger partial charge in [0, 0.05) is 23.5 Å². The summed E-state index contributed by atoms with van der Waals surface area (Å²) < 4.78 is 1.80. The molecule has 0 spiro atoms. The highest BCUT2D eigenvalue weighted by Crippen LogP contribution is 2.13. The van der Waals surface area contributed by atoms with Crippen LogP contribution in [-0.4, -0.2) is 17.7 Å². The van der Waals surface area contributed by atoms with E-state index in [9.17, 15) is 9.59 Å². The minimum absolute atomic E-state index is 0.0910. The lowest BCUT2D eigenvalue weighted by molar-refractivity contribution is -0.684. The first-order valence-corrected chi connectivity index (χ1v) is 7.32. The lowest BCUT2D eigenvalue weighted by Crippen LogP contribution is -2.39. The van der Waals surface area contributed by atoms with E-state index in [1.165, 1.54) is 0 Å². The minimum atomic E-state index is -0.269. The molecule has 0 fully saturated rings. The fourth-order valence-corrected chi connectivity index (χ4v) is 1.90. The van der Waals surface area contributed by atoms with Crippen molar-refractivity contribution in [1.82, 2.24) is 0 Å². The number of aryl methyl sites for hydroxylation is 1. The van der Waals surface area contributed by atoms with Gasteiger partial charge in [0.15, 0.2) is 12.4 Å². The van der Waals surface area contributed by atoms with Gasteiger partial charge in [0.25, 0.3) is 5.91 Å². The quantitative estimate of drug-likeness (QED) is 0.655. The molecule has 0 aliphatic heterocycles. The van der Waals surface area contributed by atoms with Gasteiger partial charge in [-0.15, -0.1) is 11.6 Å². The molecule has 0 saturated carbocycles. The molecule has 114 valence electrons. The predicted molar refractivity (Wildman–Crippen MR) is 85.8 cm³/mol. The van der Waals surface area contributed by atoms with E-state index in [0.29, 0.717) is 11.4 Å². The smallest absolute Gasteiger partial charge is 0.290 e. The molecule has 0 atom stereocenters. The van der Waals surface area contributed by atoms with Crippen LogP contribution in [0.4, 0.5) is 11.4 Å². The molecule has 0 saturated heterocycles. The molecule has 2 amide bonds. The van der Waals surface area contributed by atoms with Crippen LogP contribution in [0.5, 0.6) is 0 Å². The Morgan fingerprint density at radius 1 is 0.955 bits per heavy atom. The number of alkyl halides is 1. The summed E-state index contributed by atoms with van der Waals surface area (Å²) in [6.45, 7) is 2.24. The number of carbonyl (C=O) groups is 2. The van der Waals surface area contributed by atoms with Crippen LogP contribution < -0.4 is 15.2 Å². The highest BCUT2D eigenvalue weighted by molar-refractivity contribution is 6.29. The number of amides is 2. The fraction of sp³-hybridized carbons (Fsp3) is 0.188. The van der Waals surface area contributed by atoms with Crippen molar-refractivity contribution in [3.05, 3.63) is 54.4 Å². The van der Waals surface area contributed by atoms with Crippen LogP contribution in [0.25, 0.3) is 0 Å². The van der Waals surface area contributed by atoms with Gasteiger partial charge in [0.2, 0.25) is 12.5 Å². The molecule has 0 radical (unpaired) electrons. The molecule has 1 heterocycles. The SMILES string of the molecule is Cc1cc[n+](CC(=O)Nc2ccc(NC(=O)CCl)cc2)cc1. The highest BCUT2D eigenvalue weighted by Gasteiger charge is 2.09. The molecule has 5 nitrogen and oxygen atoms in total. The molecule has 2 N–H and O–H groups in total. The molecule has 2 rings (SSSR count). The number of rotatable bonds is 5. The van der Waals surface area contributed by atoms with Gasteiger partial charge in [-0.05, 0) is 36.8 Å². The van der Waals surface area contributed by atoms with E-state index in [-0.39, 0.29) is 24.2 Å². The van der Waals surface area contributed by atoms with Crippen molar-refractivity contribution in [2.75, 3.05) is 16.5 Å². The number of benzene rings is 1. The van der Waals surface area contributed by atoms with E-state index in [2.05, 4.69) is 10.6 Å². The van der Waals surface area contributed by atoms with Gasteiger partial charge in [0.05, 0.1) is 0 Å². The average Bonchev–Trinajstić information content (AvgIpc) is 2.51. The summed E-state index contributed by atoms with van der Waals surface area (Å²) in [6.07, 6.45) is 3.72. The monoisotopic (exact) mass is 318 g/mol. The minimum Gasteiger partial charge on any atom is -0.325 e. The van der Waals surface area contributed by atoms with Gasteiger partial charge in [-0.1, -0.05) is 0 Å². The van der Waals surface area contributed by atoms with Crippen molar-refractivity contribution in [1.29, 1.82) is 0 Å². The molecule has 0 unspecified atom stereocenters. The van der Waals surface area contributed by atoms with E-state index in [0.717, 1.165) is 5.56 Å². The van der Waals surface area contributed by atoms with Crippen molar-refractivity contribution in [3.63, 3.8) is 0 Å². The molecule has 0 bridgehead atoms. The highest BCUT2D eigenvalue weighted by atomic mass is 35.5. The van der Waals surface area contributed by atoms with Crippen LogP contribution in [0, 0.1) is 6.92 Å². The maximum Gasteiger partial charge on any atom is 0.290 e. The Bertz CT molecular complexity index is 654. The van der Waals surface area contributed by atoms with Crippen molar-refractivity contribution in [2.45, 2.75) is 13.5 Å². The Morgan fingerprint density at radius 3 is 1.95 bits per heavy atom. The molecule has 1 aromatic carbocycles. The van der Waals surface area contributed by atoms with E-state index in [4.69, 9.17) is 11.6 Å². The second kappa shape index (κ2) is 7.56. The summed E-state index contributed by atoms with van der Waals surface area (Å²) in [5, 5.41) is 5.43. The van der Waals surface area contributed by atoms with Gasteiger partial charge >= 0.3 is 0 Å². The van der Waals surface area contributed by atoms with Gasteiger partial charge in [-0.2, -0.15) is 4.57 Å². The molecule has 2 aromatic rings. The second-order valence-corrected chi connectivity index (χ2v) is 5.12. The standard InChI is InChI=1S/C16H16ClN3O2/c1-12-6-8-20(9-7-12)11-16(22)19-14-4-2-13(3-5-14)18-15(21)10-17/h2-9H,10-11H2,1H3,(H-,18,19,21,22)/p+1. The summed E-state index contributed by atoms with van der Waals surface area (Å²) >= 11 is 5.42. The maximum atomic E-state index is 12.0. The van der Waals surface area contributed by atoms with Gasteiger partial charge in [-0.3, -0.25) is 9.59 Å². The summed E-state index contributed by atoms with van der Waals surface area (Å²) in [5.74, 6) is -0.479. The number of pyridine rings is 1. The summed E-state index contributed by atoms with van der Waals surface area (Å²) in [6, 6.07) is 10.8. The first-order chi connectivity index (χ1) is 10.6. The molecule has 0 aliphatic rings. The number of aromatic nitrogens is 1. The second-order valence-electron chi connectivity index (χ2n) is 4.86. The van der Waals surface area contributed by atoms with Crippen LogP contribution >= 0.6 is 11.6 Å². The zero-order valence-electron chi connectivity index (χ0n) is 12.2.